The summed E-state index contributed by atoms with van der Waals surface area (Å²) >= 11 is 0. The van der Waals surface area contributed by atoms with Crippen LogP contribution in [0, 0.1) is 0 Å². The van der Waals surface area contributed by atoms with E-state index in [-0.39, 0.29) is 36.5 Å². The molecule has 0 spiro atoms. The third kappa shape index (κ3) is 3.51. The number of nitrogens with zero attached hydrogens (tertiary/aromatic N) is 2. The van der Waals surface area contributed by atoms with E-state index in [1.807, 2.05) is 49.4 Å². The number of nitrogens with one attached hydrogen (secondary N) is 1. The number of hydrogen-bond donors (Lipinski definition) is 1. The van der Waals surface area contributed by atoms with Gasteiger partial charge in [-0.3, -0.25) is 9.59 Å². The molecule has 168 valence electrons. The summed E-state index contributed by atoms with van der Waals surface area (Å²) in [4.78, 5) is 26.5. The SMILES string of the molecule is C[C@H]1CCC(c2ccccc2)S(=O)(=O)N1Cc1ccc(C(=O)N2C3CNC(=O)C2C3)cc1. The lowest BCUT2D eigenvalue weighted by Gasteiger charge is -2.51. The molecule has 3 aliphatic rings. The zero-order valence-electron chi connectivity index (χ0n) is 18.0. The Hall–Kier alpha value is -2.71. The molecule has 3 heterocycles. The van der Waals surface area contributed by atoms with Gasteiger partial charge in [-0.2, -0.15) is 4.31 Å². The number of benzene rings is 2. The average Bonchev–Trinajstić information content (AvgIpc) is 2.77. The first-order valence-corrected chi connectivity index (χ1v) is 12.6. The summed E-state index contributed by atoms with van der Waals surface area (Å²) in [7, 11) is -3.50. The Morgan fingerprint density at radius 1 is 1.06 bits per heavy atom. The number of piperazine rings is 1. The first kappa shape index (κ1) is 21.2. The second-order valence-corrected chi connectivity index (χ2v) is 11.0. The predicted molar refractivity (Wildman–Crippen MR) is 120 cm³/mol. The van der Waals surface area contributed by atoms with E-state index in [0.717, 1.165) is 24.0 Å². The van der Waals surface area contributed by atoms with E-state index in [1.165, 1.54) is 0 Å². The van der Waals surface area contributed by atoms with Crippen LogP contribution in [0.1, 0.15) is 52.9 Å². The van der Waals surface area contributed by atoms with Gasteiger partial charge < -0.3 is 10.2 Å². The Balaban J connectivity index is 1.32. The molecule has 8 heteroatoms. The Bertz CT molecular complexity index is 1130. The second kappa shape index (κ2) is 8.01. The molecule has 7 nitrogen and oxygen atoms in total. The van der Waals surface area contributed by atoms with Crippen molar-refractivity contribution in [2.75, 3.05) is 6.54 Å². The average molecular weight is 454 g/mol. The van der Waals surface area contributed by atoms with Crippen LogP contribution in [-0.4, -0.2) is 54.1 Å². The highest BCUT2D eigenvalue weighted by atomic mass is 32.2. The fraction of sp³-hybridized carbons (Fsp3) is 0.417. The highest BCUT2D eigenvalue weighted by molar-refractivity contribution is 7.89. The van der Waals surface area contributed by atoms with Crippen molar-refractivity contribution in [1.82, 2.24) is 14.5 Å². The first-order chi connectivity index (χ1) is 15.4. The number of fused-ring (bicyclic) bond motifs is 2. The quantitative estimate of drug-likeness (QED) is 0.771. The van der Waals surface area contributed by atoms with Gasteiger partial charge in [0.25, 0.3) is 5.91 Å². The second-order valence-electron chi connectivity index (χ2n) is 8.98. The Morgan fingerprint density at radius 3 is 2.44 bits per heavy atom. The Labute approximate surface area is 188 Å². The van der Waals surface area contributed by atoms with Gasteiger partial charge in [0.2, 0.25) is 15.9 Å². The normalized spacial score (nSPS) is 29.2. The van der Waals surface area contributed by atoms with Crippen molar-refractivity contribution in [1.29, 1.82) is 0 Å². The molecule has 2 aromatic carbocycles. The monoisotopic (exact) mass is 453 g/mol. The standard InChI is InChI=1S/C24H27N3O4S/c1-16-7-12-22(18-5-3-2-4-6-18)32(30,31)26(16)15-17-8-10-19(11-9-17)24(29)27-20-13-21(27)23(28)25-14-20/h2-6,8-11,16,20-22H,7,12-15H2,1H3,(H,25,28)/t16-,20?,21?,22?/m0/s1. The van der Waals surface area contributed by atoms with Crippen LogP contribution in [0.15, 0.2) is 54.6 Å². The minimum Gasteiger partial charge on any atom is -0.352 e. The zero-order valence-corrected chi connectivity index (χ0v) is 18.8. The summed E-state index contributed by atoms with van der Waals surface area (Å²) in [6.45, 7) is 2.73. The van der Waals surface area contributed by atoms with Gasteiger partial charge in [0.05, 0.1) is 6.04 Å². The van der Waals surface area contributed by atoms with Crippen LogP contribution in [0.3, 0.4) is 0 Å². The van der Waals surface area contributed by atoms with E-state index in [4.69, 9.17) is 0 Å². The third-order valence-electron chi connectivity index (χ3n) is 7.01. The lowest BCUT2D eigenvalue weighted by molar-refractivity contribution is -0.138. The van der Waals surface area contributed by atoms with E-state index in [9.17, 15) is 18.0 Å². The lowest BCUT2D eigenvalue weighted by Crippen LogP contribution is -2.71. The number of piperidine rings is 1. The maximum Gasteiger partial charge on any atom is 0.254 e. The summed E-state index contributed by atoms with van der Waals surface area (Å²) in [5, 5.41) is 2.27. The van der Waals surface area contributed by atoms with E-state index < -0.39 is 15.3 Å². The molecule has 0 saturated carbocycles. The summed E-state index contributed by atoms with van der Waals surface area (Å²) in [6.07, 6.45) is 2.14. The number of carbonyl (C=O) groups is 2. The van der Waals surface area contributed by atoms with Crippen LogP contribution in [0.25, 0.3) is 0 Å². The number of rotatable bonds is 4. The Morgan fingerprint density at radius 2 is 1.78 bits per heavy atom. The van der Waals surface area contributed by atoms with Gasteiger partial charge in [-0.25, -0.2) is 8.42 Å². The molecule has 2 aromatic rings. The van der Waals surface area contributed by atoms with E-state index >= 15 is 0 Å². The summed E-state index contributed by atoms with van der Waals surface area (Å²) < 4.78 is 28.4. The molecule has 0 radical (unpaired) electrons. The van der Waals surface area contributed by atoms with Gasteiger partial charge in [-0.05, 0) is 49.4 Å². The van der Waals surface area contributed by atoms with Crippen molar-refractivity contribution in [3.8, 4) is 0 Å². The van der Waals surface area contributed by atoms with Gasteiger partial charge in [-0.1, -0.05) is 42.5 Å². The van der Waals surface area contributed by atoms with Crippen molar-refractivity contribution in [2.45, 2.75) is 56.1 Å². The highest BCUT2D eigenvalue weighted by Gasteiger charge is 2.49. The molecule has 3 unspecified atom stereocenters. The minimum absolute atomic E-state index is 0.0686. The molecule has 0 aromatic heterocycles. The number of sulfonamides is 1. The van der Waals surface area contributed by atoms with Crippen LogP contribution in [0.2, 0.25) is 0 Å². The van der Waals surface area contributed by atoms with Gasteiger partial charge in [0.15, 0.2) is 0 Å². The smallest absolute Gasteiger partial charge is 0.254 e. The third-order valence-corrected chi connectivity index (χ3v) is 9.38. The largest absolute Gasteiger partial charge is 0.352 e. The van der Waals surface area contributed by atoms with Crippen molar-refractivity contribution < 1.29 is 18.0 Å². The molecular weight excluding hydrogens is 426 g/mol. The molecule has 3 aliphatic heterocycles. The molecule has 2 bridgehead atoms. The van der Waals surface area contributed by atoms with Crippen molar-refractivity contribution >= 4 is 21.8 Å². The summed E-state index contributed by atoms with van der Waals surface area (Å²) in [6, 6.07) is 16.1. The lowest BCUT2D eigenvalue weighted by atomic mass is 9.87. The van der Waals surface area contributed by atoms with Crippen molar-refractivity contribution in [3.05, 3.63) is 71.3 Å². The molecule has 0 aliphatic carbocycles. The number of amides is 2. The maximum absolute atomic E-state index is 13.4. The van der Waals surface area contributed by atoms with E-state index in [1.54, 1.807) is 21.3 Å². The topological polar surface area (TPSA) is 86.8 Å². The molecule has 32 heavy (non-hydrogen) atoms. The number of carbonyl (C=O) groups excluding carboxylic acids is 2. The fourth-order valence-corrected chi connectivity index (χ4v) is 7.29. The summed E-state index contributed by atoms with van der Waals surface area (Å²) in [5.41, 5.74) is 2.19. The van der Waals surface area contributed by atoms with Gasteiger partial charge in [-0.15, -0.1) is 0 Å². The van der Waals surface area contributed by atoms with Crippen LogP contribution >= 0.6 is 0 Å². The fourth-order valence-electron chi connectivity index (χ4n) is 5.09. The predicted octanol–water partition coefficient (Wildman–Crippen LogP) is 2.45. The van der Waals surface area contributed by atoms with Crippen LogP contribution in [0.5, 0.6) is 0 Å². The zero-order chi connectivity index (χ0) is 22.5. The molecule has 3 fully saturated rings. The molecular formula is C24H27N3O4S. The van der Waals surface area contributed by atoms with Gasteiger partial charge >= 0.3 is 0 Å². The molecule has 5 rings (SSSR count). The van der Waals surface area contributed by atoms with Crippen molar-refractivity contribution in [3.63, 3.8) is 0 Å². The van der Waals surface area contributed by atoms with Crippen LogP contribution in [-0.2, 0) is 21.4 Å². The van der Waals surface area contributed by atoms with Crippen molar-refractivity contribution in [2.24, 2.45) is 0 Å². The maximum atomic E-state index is 13.4. The molecule has 4 atom stereocenters. The van der Waals surface area contributed by atoms with Crippen LogP contribution < -0.4 is 5.32 Å². The highest BCUT2D eigenvalue weighted by Crippen LogP contribution is 2.38. The van der Waals surface area contributed by atoms with E-state index in [0.29, 0.717) is 18.5 Å². The first-order valence-electron chi connectivity index (χ1n) is 11.1. The molecule has 2 amide bonds. The summed E-state index contributed by atoms with van der Waals surface area (Å²) in [5.74, 6) is -0.231. The van der Waals surface area contributed by atoms with Crippen LogP contribution in [0.4, 0.5) is 0 Å². The minimum atomic E-state index is -3.50. The molecule has 3 saturated heterocycles. The molecule has 1 N–H and O–H groups in total. The van der Waals surface area contributed by atoms with Gasteiger partial charge in [0.1, 0.15) is 11.3 Å². The van der Waals surface area contributed by atoms with Gasteiger partial charge in [0, 0.05) is 24.7 Å². The number of hydrogen-bond acceptors (Lipinski definition) is 4. The van der Waals surface area contributed by atoms with E-state index in [2.05, 4.69) is 5.32 Å². The Kier molecular flexibility index (Phi) is 5.29.